The number of piperidine rings is 1. The molecule has 1 aromatic heterocycles. The highest BCUT2D eigenvalue weighted by Crippen LogP contribution is 2.17. The highest BCUT2D eigenvalue weighted by atomic mass is 19.1. The lowest BCUT2D eigenvalue weighted by Crippen LogP contribution is -2.41. The molecule has 7 heteroatoms. The molecule has 1 amide bonds. The number of benzene rings is 1. The van der Waals surface area contributed by atoms with Crippen molar-refractivity contribution in [1.29, 1.82) is 0 Å². The van der Waals surface area contributed by atoms with Crippen LogP contribution < -0.4 is 10.1 Å². The number of H-pyrrole nitrogens is 1. The van der Waals surface area contributed by atoms with Crippen molar-refractivity contribution in [1.82, 2.24) is 20.2 Å². The quantitative estimate of drug-likeness (QED) is 0.804. The predicted octanol–water partition coefficient (Wildman–Crippen LogP) is 1.96. The number of nitrogens with one attached hydrogen (secondary N) is 2. The fourth-order valence-electron chi connectivity index (χ4n) is 3.05. The highest BCUT2D eigenvalue weighted by molar-refractivity contribution is 5.77. The zero-order chi connectivity index (χ0) is 17.5. The molecule has 0 radical (unpaired) electrons. The summed E-state index contributed by atoms with van der Waals surface area (Å²) in [6, 6.07) is 5.64. The van der Waals surface area contributed by atoms with Gasteiger partial charge < -0.3 is 15.0 Å². The zero-order valence-electron chi connectivity index (χ0n) is 14.1. The van der Waals surface area contributed by atoms with Gasteiger partial charge in [0, 0.05) is 25.5 Å². The molecule has 1 aromatic carbocycles. The summed E-state index contributed by atoms with van der Waals surface area (Å²) in [5.74, 6) is 1.40. The molecule has 0 bridgehead atoms. The van der Waals surface area contributed by atoms with E-state index >= 15 is 0 Å². The van der Waals surface area contributed by atoms with Gasteiger partial charge in [-0.2, -0.15) is 0 Å². The summed E-state index contributed by atoms with van der Waals surface area (Å²) in [7, 11) is 0. The van der Waals surface area contributed by atoms with Crippen molar-refractivity contribution >= 4 is 5.91 Å². The summed E-state index contributed by atoms with van der Waals surface area (Å²) in [5, 5.41) is 2.93. The van der Waals surface area contributed by atoms with Crippen molar-refractivity contribution < 1.29 is 13.9 Å². The van der Waals surface area contributed by atoms with E-state index < -0.39 is 0 Å². The van der Waals surface area contributed by atoms with Crippen LogP contribution in [0.1, 0.15) is 18.7 Å². The first-order chi connectivity index (χ1) is 12.2. The van der Waals surface area contributed by atoms with Crippen molar-refractivity contribution in [2.75, 3.05) is 26.2 Å². The second kappa shape index (κ2) is 8.62. The molecule has 1 aliphatic rings. The summed E-state index contributed by atoms with van der Waals surface area (Å²) in [4.78, 5) is 21.7. The number of halogens is 1. The molecule has 1 atom stereocenters. The van der Waals surface area contributed by atoms with Gasteiger partial charge >= 0.3 is 0 Å². The second-order valence-corrected chi connectivity index (χ2v) is 6.33. The summed E-state index contributed by atoms with van der Waals surface area (Å²) >= 11 is 0. The molecule has 1 aliphatic heterocycles. The van der Waals surface area contributed by atoms with Crippen LogP contribution in [0.3, 0.4) is 0 Å². The number of aromatic amines is 1. The van der Waals surface area contributed by atoms with Crippen LogP contribution in [0.2, 0.25) is 0 Å². The number of imidazole rings is 1. The van der Waals surface area contributed by atoms with E-state index in [0.717, 1.165) is 38.3 Å². The molecule has 1 fully saturated rings. The van der Waals surface area contributed by atoms with Gasteiger partial charge in [0.1, 0.15) is 17.4 Å². The van der Waals surface area contributed by atoms with Gasteiger partial charge in [-0.25, -0.2) is 9.37 Å². The average molecular weight is 346 g/mol. The maximum absolute atomic E-state index is 12.8. The Bertz CT molecular complexity index is 660. The maximum Gasteiger partial charge on any atom is 0.257 e. The van der Waals surface area contributed by atoms with Crippen LogP contribution >= 0.6 is 0 Å². The standard InChI is InChI=1S/C18H23FN4O2/c19-15-3-5-16(6-4-15)25-13-18(24)22-10-14-2-1-9-23(11-14)12-17-20-7-8-21-17/h3-8,14H,1-2,9-13H2,(H,20,21)(H,22,24). The van der Waals surface area contributed by atoms with Crippen LogP contribution in [0.5, 0.6) is 5.75 Å². The van der Waals surface area contributed by atoms with E-state index in [1.54, 1.807) is 6.20 Å². The number of hydrogen-bond acceptors (Lipinski definition) is 4. The number of likely N-dealkylation sites (tertiary alicyclic amines) is 1. The lowest BCUT2D eigenvalue weighted by Gasteiger charge is -2.32. The molecule has 0 spiro atoms. The van der Waals surface area contributed by atoms with Crippen molar-refractivity contribution in [2.24, 2.45) is 5.92 Å². The minimum absolute atomic E-state index is 0.0610. The number of carbonyl (C=O) groups is 1. The van der Waals surface area contributed by atoms with E-state index in [-0.39, 0.29) is 18.3 Å². The molecule has 1 unspecified atom stereocenters. The van der Waals surface area contributed by atoms with Gasteiger partial charge in [-0.15, -0.1) is 0 Å². The van der Waals surface area contributed by atoms with Gasteiger partial charge in [0.15, 0.2) is 6.61 Å². The summed E-state index contributed by atoms with van der Waals surface area (Å²) in [5.41, 5.74) is 0. The number of amides is 1. The minimum Gasteiger partial charge on any atom is -0.484 e. The second-order valence-electron chi connectivity index (χ2n) is 6.33. The van der Waals surface area contributed by atoms with Gasteiger partial charge in [0.05, 0.1) is 6.54 Å². The Kier molecular flexibility index (Phi) is 6.00. The van der Waals surface area contributed by atoms with Gasteiger partial charge in [-0.3, -0.25) is 9.69 Å². The number of rotatable bonds is 7. The molecule has 3 rings (SSSR count). The van der Waals surface area contributed by atoms with Crippen LogP contribution in [-0.2, 0) is 11.3 Å². The Morgan fingerprint density at radius 2 is 2.24 bits per heavy atom. The molecule has 1 saturated heterocycles. The van der Waals surface area contributed by atoms with Crippen LogP contribution in [-0.4, -0.2) is 47.0 Å². The Balaban J connectivity index is 1.37. The van der Waals surface area contributed by atoms with E-state index in [2.05, 4.69) is 20.2 Å². The van der Waals surface area contributed by atoms with Crippen LogP contribution in [0, 0.1) is 11.7 Å². The zero-order valence-corrected chi connectivity index (χ0v) is 14.1. The monoisotopic (exact) mass is 346 g/mol. The van der Waals surface area contributed by atoms with E-state index in [1.165, 1.54) is 24.3 Å². The third kappa shape index (κ3) is 5.56. The third-order valence-electron chi connectivity index (χ3n) is 4.30. The smallest absolute Gasteiger partial charge is 0.257 e. The average Bonchev–Trinajstić information content (AvgIpc) is 3.13. The first kappa shape index (κ1) is 17.4. The molecule has 2 aromatic rings. The molecule has 0 saturated carbocycles. The first-order valence-electron chi connectivity index (χ1n) is 8.55. The number of ether oxygens (including phenoxy) is 1. The van der Waals surface area contributed by atoms with Crippen molar-refractivity contribution in [2.45, 2.75) is 19.4 Å². The molecular weight excluding hydrogens is 323 g/mol. The molecule has 2 N–H and O–H groups in total. The fraction of sp³-hybridized carbons (Fsp3) is 0.444. The number of nitrogens with zero attached hydrogens (tertiary/aromatic N) is 2. The van der Waals surface area contributed by atoms with Gasteiger partial charge in [0.2, 0.25) is 0 Å². The number of aromatic nitrogens is 2. The van der Waals surface area contributed by atoms with Crippen molar-refractivity contribution in [3.8, 4) is 5.75 Å². The lowest BCUT2D eigenvalue weighted by atomic mass is 9.98. The first-order valence-corrected chi connectivity index (χ1v) is 8.55. The van der Waals surface area contributed by atoms with Gasteiger partial charge in [-0.1, -0.05) is 0 Å². The Labute approximate surface area is 146 Å². The molecule has 134 valence electrons. The molecule has 6 nitrogen and oxygen atoms in total. The fourth-order valence-corrected chi connectivity index (χ4v) is 3.05. The topological polar surface area (TPSA) is 70.2 Å². The SMILES string of the molecule is O=C(COc1ccc(F)cc1)NCC1CCCN(Cc2ncc[nH]2)C1. The Morgan fingerprint density at radius 1 is 1.40 bits per heavy atom. The molecular formula is C18H23FN4O2. The summed E-state index contributed by atoms with van der Waals surface area (Å²) < 4.78 is 18.2. The minimum atomic E-state index is -0.326. The lowest BCUT2D eigenvalue weighted by molar-refractivity contribution is -0.123. The maximum atomic E-state index is 12.8. The van der Waals surface area contributed by atoms with E-state index in [4.69, 9.17) is 4.74 Å². The van der Waals surface area contributed by atoms with Gasteiger partial charge in [0.25, 0.3) is 5.91 Å². The van der Waals surface area contributed by atoms with Crippen LogP contribution in [0.25, 0.3) is 0 Å². The molecule has 25 heavy (non-hydrogen) atoms. The molecule has 0 aliphatic carbocycles. The number of carbonyl (C=O) groups excluding carboxylic acids is 1. The highest BCUT2D eigenvalue weighted by Gasteiger charge is 2.21. The van der Waals surface area contributed by atoms with E-state index in [1.807, 2.05) is 6.20 Å². The normalized spacial score (nSPS) is 18.0. The Morgan fingerprint density at radius 3 is 3.00 bits per heavy atom. The van der Waals surface area contributed by atoms with Crippen molar-refractivity contribution in [3.05, 3.63) is 48.3 Å². The summed E-state index contributed by atoms with van der Waals surface area (Å²) in [6.45, 7) is 3.39. The van der Waals surface area contributed by atoms with Crippen LogP contribution in [0.4, 0.5) is 4.39 Å². The summed E-state index contributed by atoms with van der Waals surface area (Å²) in [6.07, 6.45) is 5.82. The largest absolute Gasteiger partial charge is 0.484 e. The van der Waals surface area contributed by atoms with E-state index in [9.17, 15) is 9.18 Å². The van der Waals surface area contributed by atoms with Crippen LogP contribution in [0.15, 0.2) is 36.7 Å². The van der Waals surface area contributed by atoms with Crippen molar-refractivity contribution in [3.63, 3.8) is 0 Å². The third-order valence-corrected chi connectivity index (χ3v) is 4.30. The number of hydrogen-bond donors (Lipinski definition) is 2. The predicted molar refractivity (Wildman–Crippen MR) is 91.5 cm³/mol. The molecule has 2 heterocycles. The Hall–Kier alpha value is -2.41. The van der Waals surface area contributed by atoms with E-state index in [0.29, 0.717) is 18.2 Å². The van der Waals surface area contributed by atoms with Gasteiger partial charge in [-0.05, 0) is 49.6 Å².